The minimum absolute atomic E-state index is 0.197. The number of pyridine rings is 1. The van der Waals surface area contributed by atoms with E-state index in [2.05, 4.69) is 25.9 Å². The molecule has 8 heteroatoms. The number of fused-ring (bicyclic) bond motifs is 3. The molecule has 0 unspecified atom stereocenters. The Morgan fingerprint density at radius 2 is 2.24 bits per heavy atom. The fourth-order valence-corrected chi connectivity index (χ4v) is 2.75. The van der Waals surface area contributed by atoms with E-state index in [0.717, 1.165) is 11.0 Å². The number of benzene rings is 1. The van der Waals surface area contributed by atoms with E-state index in [9.17, 15) is 9.18 Å². The summed E-state index contributed by atoms with van der Waals surface area (Å²) in [6.45, 7) is 0. The largest absolute Gasteiger partial charge is 0.465 e. The Morgan fingerprint density at radius 1 is 1.52 bits per heavy atom. The molecular weight excluding hydrogens is 365 g/mol. The van der Waals surface area contributed by atoms with E-state index in [1.807, 2.05) is 0 Å². The molecule has 1 amide bonds. The number of H-pyrrole nitrogens is 1. The van der Waals surface area contributed by atoms with Crippen LogP contribution in [0.15, 0.2) is 22.8 Å². The Bertz CT molecular complexity index is 896. The fraction of sp³-hybridized carbons (Fsp3) is 0.0769. The highest BCUT2D eigenvalue weighted by molar-refractivity contribution is 9.10. The first-order valence-corrected chi connectivity index (χ1v) is 6.99. The third kappa shape index (κ3) is 2.13. The van der Waals surface area contributed by atoms with Gasteiger partial charge in [-0.05, 0) is 28.1 Å². The highest BCUT2D eigenvalue weighted by atomic mass is 79.9. The molecule has 2 heterocycles. The van der Waals surface area contributed by atoms with Gasteiger partial charge < -0.3 is 10.1 Å². The molecule has 0 saturated carbocycles. The van der Waals surface area contributed by atoms with E-state index in [-0.39, 0.29) is 5.69 Å². The molecule has 0 aliphatic rings. The van der Waals surface area contributed by atoms with Crippen LogP contribution in [-0.2, 0) is 0 Å². The Hall–Kier alpha value is -1.86. The van der Waals surface area contributed by atoms with Crippen molar-refractivity contribution in [3.63, 3.8) is 0 Å². The van der Waals surface area contributed by atoms with Gasteiger partial charge in [0, 0.05) is 24.0 Å². The van der Waals surface area contributed by atoms with Crippen LogP contribution in [0.2, 0.25) is 5.02 Å². The smallest absolute Gasteiger partial charge is 0.411 e. The zero-order valence-corrected chi connectivity index (χ0v) is 13.0. The van der Waals surface area contributed by atoms with Crippen molar-refractivity contribution >= 4 is 61.2 Å². The molecule has 3 rings (SSSR count). The molecule has 3 aromatic rings. The van der Waals surface area contributed by atoms with Crippen LogP contribution in [-0.4, -0.2) is 28.2 Å². The van der Waals surface area contributed by atoms with E-state index in [1.54, 1.807) is 0 Å². The first-order valence-electron chi connectivity index (χ1n) is 5.81. The van der Waals surface area contributed by atoms with Crippen LogP contribution in [0.4, 0.5) is 14.9 Å². The summed E-state index contributed by atoms with van der Waals surface area (Å²) in [6, 6.07) is 2.45. The lowest BCUT2D eigenvalue weighted by Crippen LogP contribution is -2.24. The van der Waals surface area contributed by atoms with Crippen LogP contribution in [0.25, 0.3) is 21.9 Å². The van der Waals surface area contributed by atoms with Crippen molar-refractivity contribution in [1.29, 1.82) is 0 Å². The standard InChI is InChI=1S/C13H8BrClFN3O2/c1-19(13(20)21)8-3-5(16)2-6-9-10(15)7(14)4-17-12(9)18-11(6)8/h2-4H,1H3,(H,17,18)(H,20,21). The summed E-state index contributed by atoms with van der Waals surface area (Å²) in [7, 11) is 1.34. The van der Waals surface area contributed by atoms with E-state index < -0.39 is 11.9 Å². The SMILES string of the molecule is CN(C(=O)O)c1cc(F)cc2c1[nH]c1ncc(Br)c(Cl)c12. The van der Waals surface area contributed by atoms with Gasteiger partial charge in [-0.3, -0.25) is 4.90 Å². The summed E-state index contributed by atoms with van der Waals surface area (Å²) in [5.41, 5.74) is 1.12. The van der Waals surface area contributed by atoms with Crippen LogP contribution in [0.3, 0.4) is 0 Å². The molecule has 5 nitrogen and oxygen atoms in total. The van der Waals surface area contributed by atoms with Crippen molar-refractivity contribution in [2.24, 2.45) is 0 Å². The molecule has 2 N–H and O–H groups in total. The van der Waals surface area contributed by atoms with Gasteiger partial charge in [0.2, 0.25) is 0 Å². The summed E-state index contributed by atoms with van der Waals surface area (Å²) in [5, 5.41) is 10.5. The summed E-state index contributed by atoms with van der Waals surface area (Å²) in [6.07, 6.45) is 0.331. The van der Waals surface area contributed by atoms with Crippen LogP contribution < -0.4 is 4.90 Å². The second kappa shape index (κ2) is 4.85. The van der Waals surface area contributed by atoms with Crippen molar-refractivity contribution in [2.45, 2.75) is 0 Å². The molecule has 0 spiro atoms. The quantitative estimate of drug-likeness (QED) is 0.666. The molecule has 0 saturated heterocycles. The predicted octanol–water partition coefficient (Wildman–Crippen LogP) is 4.39. The molecule has 0 aliphatic heterocycles. The van der Waals surface area contributed by atoms with Gasteiger partial charge in [-0.15, -0.1) is 0 Å². The number of hydrogen-bond donors (Lipinski definition) is 2. The third-order valence-corrected chi connectivity index (χ3v) is 4.44. The molecule has 0 aliphatic carbocycles. The van der Waals surface area contributed by atoms with Gasteiger partial charge in [-0.2, -0.15) is 0 Å². The number of hydrogen-bond acceptors (Lipinski definition) is 2. The molecule has 0 bridgehead atoms. The van der Waals surface area contributed by atoms with Gasteiger partial charge in [-0.25, -0.2) is 14.2 Å². The summed E-state index contributed by atoms with van der Waals surface area (Å²) in [5.74, 6) is -0.553. The van der Waals surface area contributed by atoms with Crippen molar-refractivity contribution in [3.8, 4) is 0 Å². The topological polar surface area (TPSA) is 69.2 Å². The summed E-state index contributed by atoms with van der Waals surface area (Å²) in [4.78, 5) is 19.2. The second-order valence-corrected chi connectivity index (χ2v) is 5.69. The minimum atomic E-state index is -1.19. The van der Waals surface area contributed by atoms with Crippen LogP contribution in [0, 0.1) is 5.82 Å². The Morgan fingerprint density at radius 3 is 2.90 bits per heavy atom. The third-order valence-electron chi connectivity index (χ3n) is 3.22. The maximum atomic E-state index is 13.8. The van der Waals surface area contributed by atoms with Gasteiger partial charge in [-0.1, -0.05) is 11.6 Å². The lowest BCUT2D eigenvalue weighted by atomic mass is 10.1. The molecule has 0 radical (unpaired) electrons. The lowest BCUT2D eigenvalue weighted by molar-refractivity contribution is 0.203. The van der Waals surface area contributed by atoms with Crippen molar-refractivity contribution in [1.82, 2.24) is 9.97 Å². The number of aromatic amines is 1. The Labute approximate surface area is 131 Å². The molecule has 0 fully saturated rings. The van der Waals surface area contributed by atoms with Crippen molar-refractivity contribution < 1.29 is 14.3 Å². The van der Waals surface area contributed by atoms with Crippen molar-refractivity contribution in [3.05, 3.63) is 33.6 Å². The molecule has 108 valence electrons. The zero-order chi connectivity index (χ0) is 15.3. The lowest BCUT2D eigenvalue weighted by Gasteiger charge is -2.14. The average Bonchev–Trinajstić information content (AvgIpc) is 2.80. The Kier molecular flexibility index (Phi) is 3.26. The van der Waals surface area contributed by atoms with Gasteiger partial charge >= 0.3 is 6.09 Å². The van der Waals surface area contributed by atoms with E-state index in [4.69, 9.17) is 16.7 Å². The molecule has 1 aromatic carbocycles. The molecule has 21 heavy (non-hydrogen) atoms. The number of carboxylic acid groups (broad SMARTS) is 1. The predicted molar refractivity (Wildman–Crippen MR) is 82.7 cm³/mol. The first kappa shape index (κ1) is 14.1. The number of nitrogens with zero attached hydrogens (tertiary/aromatic N) is 2. The highest BCUT2D eigenvalue weighted by Gasteiger charge is 2.19. The molecule has 0 atom stereocenters. The fourth-order valence-electron chi connectivity index (χ4n) is 2.21. The van der Waals surface area contributed by atoms with Gasteiger partial charge in [0.1, 0.15) is 11.5 Å². The monoisotopic (exact) mass is 371 g/mol. The Balaban J connectivity index is 2.47. The van der Waals surface area contributed by atoms with E-state index in [1.165, 1.54) is 19.3 Å². The number of amides is 1. The highest BCUT2D eigenvalue weighted by Crippen LogP contribution is 2.38. The number of rotatable bonds is 1. The van der Waals surface area contributed by atoms with Gasteiger partial charge in [0.05, 0.1) is 20.7 Å². The van der Waals surface area contributed by atoms with Crippen molar-refractivity contribution in [2.75, 3.05) is 11.9 Å². The minimum Gasteiger partial charge on any atom is -0.465 e. The van der Waals surface area contributed by atoms with Gasteiger partial charge in [0.15, 0.2) is 0 Å². The first-order chi connectivity index (χ1) is 9.90. The number of halogens is 3. The number of anilines is 1. The normalized spacial score (nSPS) is 11.2. The number of aromatic nitrogens is 2. The van der Waals surface area contributed by atoms with E-state index in [0.29, 0.717) is 31.4 Å². The summed E-state index contributed by atoms with van der Waals surface area (Å²) < 4.78 is 14.4. The number of nitrogens with one attached hydrogen (secondary N) is 1. The van der Waals surface area contributed by atoms with Crippen LogP contribution in [0.5, 0.6) is 0 Å². The maximum Gasteiger partial charge on any atom is 0.411 e. The zero-order valence-electron chi connectivity index (χ0n) is 10.6. The van der Waals surface area contributed by atoms with Crippen LogP contribution in [0.1, 0.15) is 0 Å². The number of carbonyl (C=O) groups is 1. The van der Waals surface area contributed by atoms with Crippen LogP contribution >= 0.6 is 27.5 Å². The summed E-state index contributed by atoms with van der Waals surface area (Å²) >= 11 is 9.50. The maximum absolute atomic E-state index is 13.8. The average molecular weight is 373 g/mol. The van der Waals surface area contributed by atoms with E-state index >= 15 is 0 Å². The second-order valence-electron chi connectivity index (χ2n) is 4.46. The molecular formula is C13H8BrClFN3O2. The van der Waals surface area contributed by atoms with Gasteiger partial charge in [0.25, 0.3) is 0 Å². The molecule has 2 aromatic heterocycles.